The molecular formula is C18H28FNO. The van der Waals surface area contributed by atoms with Gasteiger partial charge in [-0.1, -0.05) is 39.8 Å². The summed E-state index contributed by atoms with van der Waals surface area (Å²) >= 11 is 0. The first-order chi connectivity index (χ1) is 9.99. The van der Waals surface area contributed by atoms with Gasteiger partial charge >= 0.3 is 0 Å². The van der Waals surface area contributed by atoms with Crippen LogP contribution in [-0.2, 0) is 0 Å². The molecule has 0 bridgehead atoms. The third-order valence-corrected chi connectivity index (χ3v) is 3.86. The Bertz CT molecular complexity index is 441. The minimum Gasteiger partial charge on any atom is -0.300 e. The highest BCUT2D eigenvalue weighted by atomic mass is 19.1. The molecule has 0 saturated carbocycles. The lowest BCUT2D eigenvalue weighted by Gasteiger charge is -2.31. The van der Waals surface area contributed by atoms with Gasteiger partial charge < -0.3 is 0 Å². The van der Waals surface area contributed by atoms with E-state index in [2.05, 4.69) is 32.6 Å². The van der Waals surface area contributed by atoms with Crippen molar-refractivity contribution in [2.75, 3.05) is 13.1 Å². The summed E-state index contributed by atoms with van der Waals surface area (Å²) in [6.45, 7) is 10.4. The van der Waals surface area contributed by atoms with E-state index in [1.807, 2.05) is 0 Å². The largest absolute Gasteiger partial charge is 0.300 e. The zero-order valence-corrected chi connectivity index (χ0v) is 13.7. The van der Waals surface area contributed by atoms with Crippen molar-refractivity contribution in [3.63, 3.8) is 0 Å². The van der Waals surface area contributed by atoms with Gasteiger partial charge in [0.25, 0.3) is 0 Å². The first-order valence-corrected chi connectivity index (χ1v) is 8.01. The maximum atomic E-state index is 13.6. The zero-order valence-electron chi connectivity index (χ0n) is 13.7. The molecule has 0 aromatic heterocycles. The Morgan fingerprint density at radius 1 is 1.19 bits per heavy atom. The highest BCUT2D eigenvalue weighted by molar-refractivity contribution is 5.96. The van der Waals surface area contributed by atoms with Crippen LogP contribution in [0.15, 0.2) is 24.3 Å². The predicted octanol–water partition coefficient (Wildman–Crippen LogP) is 4.55. The summed E-state index contributed by atoms with van der Waals surface area (Å²) in [6, 6.07) is 6.74. The topological polar surface area (TPSA) is 20.3 Å². The molecule has 0 radical (unpaired) electrons. The van der Waals surface area contributed by atoms with E-state index >= 15 is 0 Å². The van der Waals surface area contributed by atoms with Gasteiger partial charge in [0.05, 0.1) is 5.56 Å². The molecule has 0 N–H and O–H groups in total. The summed E-state index contributed by atoms with van der Waals surface area (Å²) < 4.78 is 13.6. The Kier molecular flexibility index (Phi) is 7.58. The molecule has 0 aliphatic heterocycles. The Balaban J connectivity index is 2.68. The fraction of sp³-hybridized carbons (Fsp3) is 0.611. The van der Waals surface area contributed by atoms with E-state index in [9.17, 15) is 9.18 Å². The van der Waals surface area contributed by atoms with Crippen LogP contribution in [0.5, 0.6) is 0 Å². The molecule has 2 nitrogen and oxygen atoms in total. The van der Waals surface area contributed by atoms with Crippen LogP contribution in [0, 0.1) is 11.7 Å². The lowest BCUT2D eigenvalue weighted by atomic mass is 10.0. The third kappa shape index (κ3) is 5.58. The molecule has 0 spiro atoms. The number of hydrogen-bond donors (Lipinski definition) is 0. The molecule has 1 aromatic carbocycles. The molecule has 21 heavy (non-hydrogen) atoms. The Hall–Kier alpha value is -1.22. The van der Waals surface area contributed by atoms with Crippen LogP contribution in [0.1, 0.15) is 57.3 Å². The first kappa shape index (κ1) is 17.8. The quantitative estimate of drug-likeness (QED) is 0.623. The second-order valence-corrected chi connectivity index (χ2v) is 6.01. The predicted molar refractivity (Wildman–Crippen MR) is 86.1 cm³/mol. The fourth-order valence-corrected chi connectivity index (χ4v) is 2.76. The summed E-state index contributed by atoms with van der Waals surface area (Å²) in [4.78, 5) is 14.6. The van der Waals surface area contributed by atoms with Gasteiger partial charge in [-0.2, -0.15) is 0 Å². The molecule has 0 heterocycles. The average Bonchev–Trinajstić information content (AvgIpc) is 2.45. The Morgan fingerprint density at radius 2 is 1.81 bits per heavy atom. The lowest BCUT2D eigenvalue weighted by molar-refractivity contribution is 0.0933. The number of ketones is 1. The summed E-state index contributed by atoms with van der Waals surface area (Å²) in [5.74, 6) is 0.0439. The third-order valence-electron chi connectivity index (χ3n) is 3.86. The van der Waals surface area contributed by atoms with Crippen molar-refractivity contribution >= 4 is 5.78 Å². The van der Waals surface area contributed by atoms with E-state index in [1.54, 1.807) is 18.2 Å². The maximum absolute atomic E-state index is 13.6. The second-order valence-electron chi connectivity index (χ2n) is 6.01. The highest BCUT2D eigenvalue weighted by Crippen LogP contribution is 2.14. The van der Waals surface area contributed by atoms with Gasteiger partial charge in [-0.15, -0.1) is 0 Å². The molecule has 0 saturated heterocycles. The van der Waals surface area contributed by atoms with E-state index in [0.29, 0.717) is 24.9 Å². The Morgan fingerprint density at radius 3 is 2.33 bits per heavy atom. The highest BCUT2D eigenvalue weighted by Gasteiger charge is 2.18. The van der Waals surface area contributed by atoms with Crippen molar-refractivity contribution in [1.29, 1.82) is 0 Å². The van der Waals surface area contributed by atoms with E-state index in [1.165, 1.54) is 6.07 Å². The standard InChI is InChI=1S/C18H28FNO/c1-5-15(6-2)20(13-14(3)4)12-11-18(21)16-9-7-8-10-17(16)19/h7-10,14-15H,5-6,11-13H2,1-4H3. The summed E-state index contributed by atoms with van der Waals surface area (Å²) in [5, 5.41) is 0. The molecule has 0 unspecified atom stereocenters. The van der Waals surface area contributed by atoms with Crippen molar-refractivity contribution < 1.29 is 9.18 Å². The smallest absolute Gasteiger partial charge is 0.167 e. The second kappa shape index (κ2) is 8.93. The van der Waals surface area contributed by atoms with Crippen molar-refractivity contribution in [2.24, 2.45) is 5.92 Å². The fourth-order valence-electron chi connectivity index (χ4n) is 2.76. The minimum atomic E-state index is -0.416. The number of carbonyl (C=O) groups excluding carboxylic acids is 1. The maximum Gasteiger partial charge on any atom is 0.167 e. The number of Topliss-reactive ketones (excluding diaryl/α,β-unsaturated/α-hetero) is 1. The van der Waals surface area contributed by atoms with Crippen molar-refractivity contribution in [2.45, 2.75) is 53.0 Å². The summed E-state index contributed by atoms with van der Waals surface area (Å²) in [5.41, 5.74) is 0.214. The molecule has 0 aliphatic rings. The SMILES string of the molecule is CCC(CC)N(CCC(=O)c1ccccc1F)CC(C)C. The van der Waals surface area contributed by atoms with E-state index in [4.69, 9.17) is 0 Å². The molecule has 0 atom stereocenters. The molecule has 1 aromatic rings. The number of rotatable bonds is 9. The van der Waals surface area contributed by atoms with E-state index in [0.717, 1.165) is 19.4 Å². The monoisotopic (exact) mass is 293 g/mol. The molecule has 118 valence electrons. The molecular weight excluding hydrogens is 265 g/mol. The van der Waals surface area contributed by atoms with Gasteiger partial charge in [0.15, 0.2) is 5.78 Å². The number of hydrogen-bond acceptors (Lipinski definition) is 2. The zero-order chi connectivity index (χ0) is 15.8. The number of carbonyl (C=O) groups is 1. The van der Waals surface area contributed by atoms with Crippen LogP contribution >= 0.6 is 0 Å². The van der Waals surface area contributed by atoms with Crippen molar-refractivity contribution in [3.8, 4) is 0 Å². The number of benzene rings is 1. The molecule has 3 heteroatoms. The normalized spacial score (nSPS) is 11.6. The van der Waals surface area contributed by atoms with Crippen molar-refractivity contribution in [1.82, 2.24) is 4.90 Å². The van der Waals surface area contributed by atoms with Crippen LogP contribution in [0.4, 0.5) is 4.39 Å². The van der Waals surface area contributed by atoms with Crippen LogP contribution in [0.2, 0.25) is 0 Å². The molecule has 0 amide bonds. The van der Waals surface area contributed by atoms with Gasteiger partial charge in [-0.25, -0.2) is 4.39 Å². The van der Waals surface area contributed by atoms with Gasteiger partial charge in [-0.05, 0) is 30.9 Å². The molecule has 0 fully saturated rings. The van der Waals surface area contributed by atoms with Crippen LogP contribution in [0.25, 0.3) is 0 Å². The average molecular weight is 293 g/mol. The summed E-state index contributed by atoms with van der Waals surface area (Å²) in [6.07, 6.45) is 2.54. The Labute approximate surface area is 128 Å². The summed E-state index contributed by atoms with van der Waals surface area (Å²) in [7, 11) is 0. The van der Waals surface area contributed by atoms with Crippen LogP contribution in [-0.4, -0.2) is 29.8 Å². The number of nitrogens with zero attached hydrogens (tertiary/aromatic N) is 1. The minimum absolute atomic E-state index is 0.104. The first-order valence-electron chi connectivity index (χ1n) is 8.01. The van der Waals surface area contributed by atoms with Gasteiger partial charge in [0, 0.05) is 25.6 Å². The van der Waals surface area contributed by atoms with Crippen LogP contribution < -0.4 is 0 Å². The van der Waals surface area contributed by atoms with Gasteiger partial charge in [0.2, 0.25) is 0 Å². The van der Waals surface area contributed by atoms with Gasteiger partial charge in [0.1, 0.15) is 5.82 Å². The van der Waals surface area contributed by atoms with Gasteiger partial charge in [-0.3, -0.25) is 9.69 Å². The van der Waals surface area contributed by atoms with Crippen LogP contribution in [0.3, 0.4) is 0 Å². The lowest BCUT2D eigenvalue weighted by Crippen LogP contribution is -2.38. The van der Waals surface area contributed by atoms with Crippen molar-refractivity contribution in [3.05, 3.63) is 35.6 Å². The molecule has 0 aliphatic carbocycles. The van der Waals surface area contributed by atoms with E-state index in [-0.39, 0.29) is 11.3 Å². The molecule has 1 rings (SSSR count). The van der Waals surface area contributed by atoms with E-state index < -0.39 is 5.82 Å². The number of halogens is 1.